The summed E-state index contributed by atoms with van der Waals surface area (Å²) in [5.41, 5.74) is 1.65. The van der Waals surface area contributed by atoms with Gasteiger partial charge < -0.3 is 4.74 Å². The van der Waals surface area contributed by atoms with Crippen LogP contribution in [0, 0.1) is 0 Å². The zero-order chi connectivity index (χ0) is 13.7. The fraction of sp³-hybridized carbons (Fsp3) is 0.133. The van der Waals surface area contributed by atoms with Crippen molar-refractivity contribution >= 4 is 29.3 Å². The number of methoxy groups -OCH3 is 1. The van der Waals surface area contributed by atoms with E-state index in [4.69, 9.17) is 16.3 Å². The van der Waals surface area contributed by atoms with Crippen molar-refractivity contribution in [3.63, 3.8) is 0 Å². The normalized spacial score (nSPS) is 10.2. The lowest BCUT2D eigenvalue weighted by Crippen LogP contribution is -2.00. The second-order valence-corrected chi connectivity index (χ2v) is 5.31. The van der Waals surface area contributed by atoms with Crippen LogP contribution in [-0.4, -0.2) is 13.1 Å². The van der Waals surface area contributed by atoms with Crippen LogP contribution in [-0.2, 0) is 10.6 Å². The molecule has 2 nitrogen and oxygen atoms in total. The molecule has 0 bridgehead atoms. The van der Waals surface area contributed by atoms with Crippen LogP contribution < -0.4 is 0 Å². The monoisotopic (exact) mass is 292 g/mol. The Balaban J connectivity index is 2.16. The predicted molar refractivity (Wildman–Crippen MR) is 77.9 cm³/mol. The molecule has 2 rings (SSSR count). The van der Waals surface area contributed by atoms with Gasteiger partial charge in [-0.1, -0.05) is 30.0 Å². The minimum atomic E-state index is -0.320. The summed E-state index contributed by atoms with van der Waals surface area (Å²) < 4.78 is 4.71. The third kappa shape index (κ3) is 3.75. The highest BCUT2D eigenvalue weighted by Gasteiger charge is 2.06. The van der Waals surface area contributed by atoms with Gasteiger partial charge in [-0.2, -0.15) is 0 Å². The van der Waals surface area contributed by atoms with Crippen molar-refractivity contribution in [1.82, 2.24) is 0 Å². The Hall–Kier alpha value is -1.45. The number of halogens is 1. The fourth-order valence-electron chi connectivity index (χ4n) is 1.59. The first-order chi connectivity index (χ1) is 9.22. The molecular formula is C15H13ClO2S. The second-order valence-electron chi connectivity index (χ2n) is 3.90. The van der Waals surface area contributed by atoms with E-state index in [9.17, 15) is 4.79 Å². The number of benzene rings is 2. The topological polar surface area (TPSA) is 26.3 Å². The molecule has 0 spiro atoms. The number of rotatable bonds is 4. The van der Waals surface area contributed by atoms with Crippen LogP contribution in [0.1, 0.15) is 15.9 Å². The Labute approximate surface area is 121 Å². The predicted octanol–water partition coefficient (Wildman–Crippen LogP) is 4.36. The summed E-state index contributed by atoms with van der Waals surface area (Å²) in [4.78, 5) is 13.6. The van der Waals surface area contributed by atoms with Crippen molar-refractivity contribution in [2.45, 2.75) is 15.7 Å². The number of carbonyl (C=O) groups is 1. The summed E-state index contributed by atoms with van der Waals surface area (Å²) in [6.07, 6.45) is 0. The molecule has 0 unspecified atom stereocenters. The summed E-state index contributed by atoms with van der Waals surface area (Å²) in [6, 6.07) is 15.4. The van der Waals surface area contributed by atoms with Crippen LogP contribution in [0.4, 0.5) is 0 Å². The standard InChI is InChI=1S/C15H13ClO2S/c1-18-15(17)12-3-2-4-14(9-12)19-13-7-5-11(10-16)6-8-13/h2-9H,10H2,1H3. The first-order valence-electron chi connectivity index (χ1n) is 5.74. The Morgan fingerprint density at radius 1 is 1.16 bits per heavy atom. The molecule has 4 heteroatoms. The third-order valence-corrected chi connectivity index (χ3v) is 3.87. The minimum Gasteiger partial charge on any atom is -0.465 e. The molecule has 0 heterocycles. The van der Waals surface area contributed by atoms with E-state index in [2.05, 4.69) is 0 Å². The van der Waals surface area contributed by atoms with Gasteiger partial charge in [-0.3, -0.25) is 0 Å². The molecular weight excluding hydrogens is 280 g/mol. The van der Waals surface area contributed by atoms with Gasteiger partial charge in [0.25, 0.3) is 0 Å². The van der Waals surface area contributed by atoms with Crippen LogP contribution >= 0.6 is 23.4 Å². The van der Waals surface area contributed by atoms with Gasteiger partial charge in [0, 0.05) is 15.7 Å². The van der Waals surface area contributed by atoms with Gasteiger partial charge in [-0.15, -0.1) is 11.6 Å². The van der Waals surface area contributed by atoms with Gasteiger partial charge in [-0.05, 0) is 35.9 Å². The van der Waals surface area contributed by atoms with Crippen molar-refractivity contribution < 1.29 is 9.53 Å². The summed E-state index contributed by atoms with van der Waals surface area (Å²) in [5, 5.41) is 0. The molecule has 98 valence electrons. The van der Waals surface area contributed by atoms with E-state index in [1.54, 1.807) is 17.8 Å². The summed E-state index contributed by atoms with van der Waals surface area (Å²) in [7, 11) is 1.38. The smallest absolute Gasteiger partial charge is 0.337 e. The molecule has 2 aromatic carbocycles. The van der Waals surface area contributed by atoms with Crippen molar-refractivity contribution in [3.8, 4) is 0 Å². The van der Waals surface area contributed by atoms with Gasteiger partial charge in [-0.25, -0.2) is 4.79 Å². The number of ether oxygens (including phenoxy) is 1. The number of alkyl halides is 1. The second kappa shape index (κ2) is 6.64. The molecule has 0 atom stereocenters. The van der Waals surface area contributed by atoms with Crippen LogP contribution in [0.25, 0.3) is 0 Å². The lowest BCUT2D eigenvalue weighted by atomic mass is 10.2. The maximum absolute atomic E-state index is 11.5. The molecule has 0 amide bonds. The molecule has 19 heavy (non-hydrogen) atoms. The van der Waals surface area contributed by atoms with E-state index in [-0.39, 0.29) is 5.97 Å². The summed E-state index contributed by atoms with van der Waals surface area (Å²) in [5.74, 6) is 0.197. The molecule has 0 aromatic heterocycles. The van der Waals surface area contributed by atoms with Gasteiger partial charge in [0.15, 0.2) is 0 Å². The van der Waals surface area contributed by atoms with Crippen LogP contribution in [0.15, 0.2) is 58.3 Å². The number of carbonyl (C=O) groups excluding carboxylic acids is 1. The third-order valence-electron chi connectivity index (χ3n) is 2.57. The molecule has 0 N–H and O–H groups in total. The highest BCUT2D eigenvalue weighted by atomic mass is 35.5. The lowest BCUT2D eigenvalue weighted by molar-refractivity contribution is 0.0600. The van der Waals surface area contributed by atoms with Gasteiger partial charge in [0.05, 0.1) is 12.7 Å². The van der Waals surface area contributed by atoms with E-state index < -0.39 is 0 Å². The van der Waals surface area contributed by atoms with Crippen LogP contribution in [0.3, 0.4) is 0 Å². The quantitative estimate of drug-likeness (QED) is 0.618. The highest BCUT2D eigenvalue weighted by Crippen LogP contribution is 2.28. The van der Waals surface area contributed by atoms with Gasteiger partial charge in [0.2, 0.25) is 0 Å². The molecule has 0 saturated carbocycles. The van der Waals surface area contributed by atoms with Crippen molar-refractivity contribution in [2.24, 2.45) is 0 Å². The first kappa shape index (κ1) is 14.0. The fourth-order valence-corrected chi connectivity index (χ4v) is 2.64. The molecule has 0 aliphatic carbocycles. The van der Waals surface area contributed by atoms with E-state index >= 15 is 0 Å². The van der Waals surface area contributed by atoms with Crippen molar-refractivity contribution in [3.05, 3.63) is 59.7 Å². The minimum absolute atomic E-state index is 0.320. The Morgan fingerprint density at radius 2 is 1.89 bits per heavy atom. The Kier molecular flexibility index (Phi) is 4.88. The number of hydrogen-bond acceptors (Lipinski definition) is 3. The first-order valence-corrected chi connectivity index (χ1v) is 7.09. The van der Waals surface area contributed by atoms with Gasteiger partial charge in [0.1, 0.15) is 0 Å². The van der Waals surface area contributed by atoms with Crippen LogP contribution in [0.2, 0.25) is 0 Å². The maximum Gasteiger partial charge on any atom is 0.337 e. The van der Waals surface area contributed by atoms with Crippen LogP contribution in [0.5, 0.6) is 0 Å². The summed E-state index contributed by atoms with van der Waals surface area (Å²) >= 11 is 7.35. The van der Waals surface area contributed by atoms with Crippen molar-refractivity contribution in [1.29, 1.82) is 0 Å². The molecule has 2 aromatic rings. The Morgan fingerprint density at radius 3 is 2.53 bits per heavy atom. The largest absolute Gasteiger partial charge is 0.465 e. The van der Waals surface area contributed by atoms with E-state index in [1.165, 1.54) is 7.11 Å². The van der Waals surface area contributed by atoms with Crippen molar-refractivity contribution in [2.75, 3.05) is 7.11 Å². The average molecular weight is 293 g/mol. The average Bonchev–Trinajstić information content (AvgIpc) is 2.47. The molecule has 0 aliphatic heterocycles. The maximum atomic E-state index is 11.5. The zero-order valence-corrected chi connectivity index (χ0v) is 12.0. The summed E-state index contributed by atoms with van der Waals surface area (Å²) in [6.45, 7) is 0. The molecule has 0 aliphatic rings. The van der Waals surface area contributed by atoms with E-state index in [0.29, 0.717) is 11.4 Å². The molecule has 0 saturated heterocycles. The number of hydrogen-bond donors (Lipinski definition) is 0. The number of esters is 1. The van der Waals surface area contributed by atoms with Gasteiger partial charge >= 0.3 is 5.97 Å². The lowest BCUT2D eigenvalue weighted by Gasteiger charge is -2.04. The molecule has 0 fully saturated rings. The Bertz CT molecular complexity index is 567. The van der Waals surface area contributed by atoms with E-state index in [0.717, 1.165) is 15.4 Å². The highest BCUT2D eigenvalue weighted by molar-refractivity contribution is 7.99. The van der Waals surface area contributed by atoms with E-state index in [1.807, 2.05) is 42.5 Å². The molecule has 0 radical (unpaired) electrons. The zero-order valence-electron chi connectivity index (χ0n) is 10.4. The SMILES string of the molecule is COC(=O)c1cccc(Sc2ccc(CCl)cc2)c1.